The van der Waals surface area contributed by atoms with Gasteiger partial charge in [0.25, 0.3) is 0 Å². The van der Waals surface area contributed by atoms with Gasteiger partial charge >= 0.3 is 5.97 Å². The van der Waals surface area contributed by atoms with E-state index in [0.29, 0.717) is 30.8 Å². The molecular formula is C18H19NO5S. The lowest BCUT2D eigenvalue weighted by Gasteiger charge is -2.31. The van der Waals surface area contributed by atoms with Crippen molar-refractivity contribution in [3.05, 3.63) is 54.6 Å². The molecule has 1 unspecified atom stereocenters. The minimum atomic E-state index is -3.85. The summed E-state index contributed by atoms with van der Waals surface area (Å²) in [6.07, 6.45) is 1.72. The summed E-state index contributed by atoms with van der Waals surface area (Å²) in [6, 6.07) is 14.2. The highest BCUT2D eigenvalue weighted by Crippen LogP contribution is 2.28. The second-order valence-electron chi connectivity index (χ2n) is 5.85. The molecule has 1 saturated heterocycles. The van der Waals surface area contributed by atoms with Crippen LogP contribution < -0.4 is 4.74 Å². The summed E-state index contributed by atoms with van der Waals surface area (Å²) in [5.41, 5.74) is 0. The van der Waals surface area contributed by atoms with E-state index in [-0.39, 0.29) is 11.4 Å². The van der Waals surface area contributed by atoms with E-state index in [0.717, 1.165) is 4.31 Å². The van der Waals surface area contributed by atoms with Crippen molar-refractivity contribution >= 4 is 16.0 Å². The van der Waals surface area contributed by atoms with Crippen LogP contribution in [0, 0.1) is 0 Å². The highest BCUT2D eigenvalue weighted by Gasteiger charge is 2.37. The summed E-state index contributed by atoms with van der Waals surface area (Å²) in [4.78, 5) is 11.4. The Kier molecular flexibility index (Phi) is 5.06. The Morgan fingerprint density at radius 3 is 2.28 bits per heavy atom. The number of carboxylic acids is 1. The maximum Gasteiger partial charge on any atom is 0.322 e. The first-order chi connectivity index (χ1) is 12.0. The Hall–Kier alpha value is -2.38. The molecule has 0 bridgehead atoms. The standard InChI is InChI=1S/C18H19NO5S/c20-18(21)17-8-4-5-13-19(17)25(22,23)16-11-9-15(10-12-16)24-14-6-2-1-3-7-14/h1-3,6-7,9-12,17H,4-5,8,13H2,(H,20,21). The molecule has 0 amide bonds. The minimum absolute atomic E-state index is 0.0704. The van der Waals surface area contributed by atoms with E-state index in [1.807, 2.05) is 18.2 Å². The first-order valence-electron chi connectivity index (χ1n) is 8.06. The number of rotatable bonds is 5. The molecule has 1 heterocycles. The van der Waals surface area contributed by atoms with Crippen LogP contribution in [-0.4, -0.2) is 36.4 Å². The van der Waals surface area contributed by atoms with Gasteiger partial charge in [-0.25, -0.2) is 8.42 Å². The monoisotopic (exact) mass is 361 g/mol. The topological polar surface area (TPSA) is 83.9 Å². The van der Waals surface area contributed by atoms with Gasteiger partial charge in [0.05, 0.1) is 4.90 Å². The highest BCUT2D eigenvalue weighted by molar-refractivity contribution is 7.89. The molecule has 0 aromatic heterocycles. The van der Waals surface area contributed by atoms with Crippen LogP contribution >= 0.6 is 0 Å². The number of piperidine rings is 1. The van der Waals surface area contributed by atoms with Crippen molar-refractivity contribution in [3.63, 3.8) is 0 Å². The largest absolute Gasteiger partial charge is 0.480 e. The van der Waals surface area contributed by atoms with Crippen molar-refractivity contribution < 1.29 is 23.1 Å². The van der Waals surface area contributed by atoms with Gasteiger partial charge in [-0.1, -0.05) is 18.2 Å². The van der Waals surface area contributed by atoms with Crippen LogP contribution in [0.5, 0.6) is 11.5 Å². The number of carbonyl (C=O) groups is 1. The maximum atomic E-state index is 12.8. The number of hydrogen-bond acceptors (Lipinski definition) is 4. The van der Waals surface area contributed by atoms with Gasteiger partial charge in [-0.15, -0.1) is 0 Å². The molecule has 6 nitrogen and oxygen atoms in total. The van der Waals surface area contributed by atoms with Gasteiger partial charge in [0.2, 0.25) is 10.0 Å². The average molecular weight is 361 g/mol. The number of ether oxygens (including phenoxy) is 1. The lowest BCUT2D eigenvalue weighted by atomic mass is 10.1. The summed E-state index contributed by atoms with van der Waals surface area (Å²) in [5.74, 6) is 0.0611. The van der Waals surface area contributed by atoms with Crippen LogP contribution in [0.1, 0.15) is 19.3 Å². The van der Waals surface area contributed by atoms with Gasteiger partial charge in [0.15, 0.2) is 0 Å². The van der Waals surface area contributed by atoms with Crippen LogP contribution in [0.3, 0.4) is 0 Å². The molecule has 1 aliphatic rings. The third-order valence-electron chi connectivity index (χ3n) is 4.15. The molecule has 0 radical (unpaired) electrons. The smallest absolute Gasteiger partial charge is 0.322 e. The fraction of sp³-hybridized carbons (Fsp3) is 0.278. The van der Waals surface area contributed by atoms with E-state index in [1.165, 1.54) is 12.1 Å². The predicted octanol–water partition coefficient (Wildman–Crippen LogP) is 3.11. The third-order valence-corrected chi connectivity index (χ3v) is 6.07. The maximum absolute atomic E-state index is 12.8. The molecule has 2 aromatic carbocycles. The summed E-state index contributed by atoms with van der Waals surface area (Å²) in [6.45, 7) is 0.224. The number of para-hydroxylation sites is 1. The second-order valence-corrected chi connectivity index (χ2v) is 7.74. The Labute approximate surface area is 146 Å². The van der Waals surface area contributed by atoms with E-state index in [4.69, 9.17) is 4.74 Å². The van der Waals surface area contributed by atoms with E-state index in [9.17, 15) is 18.3 Å². The van der Waals surface area contributed by atoms with Gasteiger partial charge in [-0.05, 0) is 55.7 Å². The Balaban J connectivity index is 1.81. The zero-order valence-corrected chi connectivity index (χ0v) is 14.4. The molecule has 132 valence electrons. The van der Waals surface area contributed by atoms with E-state index in [1.54, 1.807) is 24.3 Å². The molecule has 1 atom stereocenters. The zero-order chi connectivity index (χ0) is 17.9. The van der Waals surface area contributed by atoms with Crippen molar-refractivity contribution in [3.8, 4) is 11.5 Å². The Bertz CT molecular complexity index is 834. The predicted molar refractivity (Wildman–Crippen MR) is 92.1 cm³/mol. The van der Waals surface area contributed by atoms with E-state index >= 15 is 0 Å². The van der Waals surface area contributed by atoms with Crippen molar-refractivity contribution in [2.24, 2.45) is 0 Å². The number of sulfonamides is 1. The molecule has 2 aromatic rings. The molecule has 3 rings (SSSR count). The fourth-order valence-corrected chi connectivity index (χ4v) is 4.53. The molecule has 0 aliphatic carbocycles. The first-order valence-corrected chi connectivity index (χ1v) is 9.50. The van der Waals surface area contributed by atoms with E-state index < -0.39 is 22.0 Å². The van der Waals surface area contributed by atoms with Crippen LogP contribution in [0.4, 0.5) is 0 Å². The quantitative estimate of drug-likeness (QED) is 0.885. The zero-order valence-electron chi connectivity index (χ0n) is 13.5. The number of nitrogens with zero attached hydrogens (tertiary/aromatic N) is 1. The molecule has 1 aliphatic heterocycles. The third kappa shape index (κ3) is 3.83. The van der Waals surface area contributed by atoms with Gasteiger partial charge < -0.3 is 9.84 Å². The van der Waals surface area contributed by atoms with Gasteiger partial charge in [-0.3, -0.25) is 4.79 Å². The molecule has 1 N–H and O–H groups in total. The van der Waals surface area contributed by atoms with Crippen molar-refractivity contribution in [2.45, 2.75) is 30.2 Å². The number of aliphatic carboxylic acids is 1. The molecule has 0 spiro atoms. The average Bonchev–Trinajstić information content (AvgIpc) is 2.63. The van der Waals surface area contributed by atoms with Gasteiger partial charge in [0, 0.05) is 6.54 Å². The summed E-state index contributed by atoms with van der Waals surface area (Å²) >= 11 is 0. The van der Waals surface area contributed by atoms with Crippen molar-refractivity contribution in [1.29, 1.82) is 0 Å². The second kappa shape index (κ2) is 7.25. The lowest BCUT2D eigenvalue weighted by molar-refractivity contribution is -0.142. The lowest BCUT2D eigenvalue weighted by Crippen LogP contribution is -2.47. The minimum Gasteiger partial charge on any atom is -0.480 e. The van der Waals surface area contributed by atoms with Crippen LogP contribution in [0.25, 0.3) is 0 Å². The summed E-state index contributed by atoms with van der Waals surface area (Å²) < 4.78 is 32.3. The van der Waals surface area contributed by atoms with Crippen molar-refractivity contribution in [1.82, 2.24) is 4.31 Å². The fourth-order valence-electron chi connectivity index (χ4n) is 2.88. The molecule has 1 fully saturated rings. The molecular weight excluding hydrogens is 342 g/mol. The first kappa shape index (κ1) is 17.4. The van der Waals surface area contributed by atoms with Crippen LogP contribution in [0.2, 0.25) is 0 Å². The SMILES string of the molecule is O=C(O)C1CCCCN1S(=O)(=O)c1ccc(Oc2ccccc2)cc1. The number of hydrogen-bond donors (Lipinski definition) is 1. The Morgan fingerprint density at radius 1 is 1.00 bits per heavy atom. The van der Waals surface area contributed by atoms with E-state index in [2.05, 4.69) is 0 Å². The normalized spacial score (nSPS) is 18.6. The van der Waals surface area contributed by atoms with Gasteiger partial charge in [0.1, 0.15) is 17.5 Å². The Morgan fingerprint density at radius 2 is 1.64 bits per heavy atom. The molecule has 0 saturated carbocycles. The van der Waals surface area contributed by atoms with Gasteiger partial charge in [-0.2, -0.15) is 4.31 Å². The summed E-state index contributed by atoms with van der Waals surface area (Å²) in [7, 11) is -3.85. The number of benzene rings is 2. The number of carboxylic acid groups (broad SMARTS) is 1. The highest BCUT2D eigenvalue weighted by atomic mass is 32.2. The van der Waals surface area contributed by atoms with Crippen LogP contribution in [0.15, 0.2) is 59.5 Å². The molecule has 7 heteroatoms. The van der Waals surface area contributed by atoms with Crippen molar-refractivity contribution in [2.75, 3.05) is 6.54 Å². The van der Waals surface area contributed by atoms with Crippen LogP contribution in [-0.2, 0) is 14.8 Å². The molecule has 25 heavy (non-hydrogen) atoms. The summed E-state index contributed by atoms with van der Waals surface area (Å²) in [5, 5.41) is 9.30.